The Balaban J connectivity index is 0.593. The summed E-state index contributed by atoms with van der Waals surface area (Å²) in [7, 11) is 0. The number of ether oxygens (including phenoxy) is 2. The summed E-state index contributed by atoms with van der Waals surface area (Å²) in [6, 6.07) is 47.3. The highest BCUT2D eigenvalue weighted by molar-refractivity contribution is 5.99. The van der Waals surface area contributed by atoms with Crippen LogP contribution in [0.15, 0.2) is 158 Å². The lowest BCUT2D eigenvalue weighted by molar-refractivity contribution is -0.697. The fraction of sp³-hybridized carbons (Fsp3) is 0.355. The Kier molecular flexibility index (Phi) is 18.1. The molecule has 6 aromatic carbocycles. The van der Waals surface area contributed by atoms with Crippen LogP contribution < -0.4 is 9.13 Å². The predicted octanol–water partition coefficient (Wildman–Crippen LogP) is 15.0. The molecule has 0 aliphatic heterocycles. The molecule has 0 aliphatic carbocycles. The van der Waals surface area contributed by atoms with Gasteiger partial charge in [0.15, 0.2) is 24.8 Å². The van der Waals surface area contributed by atoms with Crippen molar-refractivity contribution in [2.24, 2.45) is 0 Å². The van der Waals surface area contributed by atoms with Gasteiger partial charge in [-0.25, -0.2) is 9.13 Å². The highest BCUT2D eigenvalue weighted by Gasteiger charge is 2.10. The van der Waals surface area contributed by atoms with Gasteiger partial charge >= 0.3 is 11.9 Å². The van der Waals surface area contributed by atoms with Crippen LogP contribution in [0, 0.1) is 0 Å². The first kappa shape index (κ1) is 48.1. The number of unbranched alkanes of at least 4 members (excludes halogenated alkanes) is 14. The van der Waals surface area contributed by atoms with E-state index in [1.165, 1.54) is 131 Å². The first-order valence-corrected chi connectivity index (χ1v) is 25.7. The molecule has 0 unspecified atom stereocenters. The molecule has 0 radical (unpaired) electrons. The maximum Gasteiger partial charge on any atom is 0.306 e. The van der Waals surface area contributed by atoms with Crippen LogP contribution in [0.4, 0.5) is 0 Å². The Bertz CT molecular complexity index is 2660. The minimum atomic E-state index is -0.0965. The van der Waals surface area contributed by atoms with Gasteiger partial charge in [-0.1, -0.05) is 137 Å². The van der Waals surface area contributed by atoms with Crippen molar-refractivity contribution >= 4 is 55.0 Å². The third-order valence-electron chi connectivity index (χ3n) is 13.5. The van der Waals surface area contributed by atoms with E-state index in [4.69, 9.17) is 9.47 Å². The van der Waals surface area contributed by atoms with Gasteiger partial charge in [0.05, 0.1) is 0 Å². The van der Waals surface area contributed by atoms with Crippen LogP contribution >= 0.6 is 0 Å². The summed E-state index contributed by atoms with van der Waals surface area (Å²) >= 11 is 0. The molecular formula is C62H70N2O4+2. The molecule has 0 amide bonds. The van der Waals surface area contributed by atoms with Crippen LogP contribution in [0.3, 0.4) is 0 Å². The fourth-order valence-electron chi connectivity index (χ4n) is 9.48. The van der Waals surface area contributed by atoms with Gasteiger partial charge in [-0.2, -0.15) is 0 Å². The van der Waals surface area contributed by atoms with Gasteiger partial charge in [0, 0.05) is 49.9 Å². The molecule has 350 valence electrons. The largest absolute Gasteiger partial charge is 0.461 e. The Morgan fingerprint density at radius 2 is 0.632 bits per heavy atom. The monoisotopic (exact) mass is 907 g/mol. The number of fused-ring (bicyclic) bond motifs is 4. The van der Waals surface area contributed by atoms with Crippen LogP contribution in [0.1, 0.15) is 127 Å². The molecule has 0 fully saturated rings. The van der Waals surface area contributed by atoms with Gasteiger partial charge in [-0.3, -0.25) is 9.59 Å². The van der Waals surface area contributed by atoms with Gasteiger partial charge in [-0.15, -0.1) is 0 Å². The average Bonchev–Trinajstić information content (AvgIpc) is 3.37. The van der Waals surface area contributed by atoms with E-state index in [1.54, 1.807) is 0 Å². The number of esters is 2. The van der Waals surface area contributed by atoms with Crippen molar-refractivity contribution in [2.45, 2.75) is 142 Å². The number of carbonyl (C=O) groups excluding carboxylic acids is 2. The number of aromatic nitrogens is 2. The minimum absolute atomic E-state index is 0.0965. The number of hydrogen-bond acceptors (Lipinski definition) is 4. The van der Waals surface area contributed by atoms with E-state index in [0.717, 1.165) is 49.9 Å². The zero-order valence-electron chi connectivity index (χ0n) is 40.1. The van der Waals surface area contributed by atoms with E-state index in [1.807, 2.05) is 0 Å². The number of nitrogens with zero attached hydrogens (tertiary/aromatic N) is 2. The molecule has 68 heavy (non-hydrogen) atoms. The molecule has 0 aliphatic rings. The second-order valence-electron chi connectivity index (χ2n) is 18.9. The Labute approximate surface area is 403 Å². The highest BCUT2D eigenvalue weighted by Crippen LogP contribution is 2.26. The van der Waals surface area contributed by atoms with E-state index in [9.17, 15) is 9.59 Å². The number of benzene rings is 6. The summed E-state index contributed by atoms with van der Waals surface area (Å²) in [5, 5.41) is 9.70. The molecule has 0 spiro atoms. The minimum Gasteiger partial charge on any atom is -0.461 e. The van der Waals surface area contributed by atoms with E-state index < -0.39 is 0 Å². The van der Waals surface area contributed by atoms with Crippen molar-refractivity contribution in [2.75, 3.05) is 0 Å². The smallest absolute Gasteiger partial charge is 0.306 e. The Morgan fingerprint density at radius 3 is 1.00 bits per heavy atom. The lowest BCUT2D eigenvalue weighted by atomic mass is 10.0. The molecule has 8 aromatic rings. The zero-order chi connectivity index (χ0) is 46.6. The van der Waals surface area contributed by atoms with Crippen LogP contribution in [0.5, 0.6) is 0 Å². The third kappa shape index (κ3) is 14.8. The predicted molar refractivity (Wildman–Crippen MR) is 278 cm³/mol. The molecule has 2 aromatic heterocycles. The molecule has 2 heterocycles. The summed E-state index contributed by atoms with van der Waals surface area (Å²) in [4.78, 5) is 24.8. The Hall–Kier alpha value is -6.40. The standard InChI is InChI=1S/C62H70N2O4/c65-61(67-47-49-27-29-57-43-53-21-15-17-23-55(53)45-59(57)41-49)25-13-9-5-1-3-7-11-19-35-63-37-31-51(32-38-63)52-33-39-64(40-34-52)36-20-12-8-4-2-6-10-14-26-62(66)68-48-50-28-30-58-44-54-22-16-18-24-56(54)46-60(58)42-50/h15-18,21-24,27-34,37-46H,1-14,19-20,25-26,35-36,47-48H2/q+2. The molecular weight excluding hydrogens is 837 g/mol. The number of pyridine rings is 2. The van der Waals surface area contributed by atoms with Gasteiger partial charge < -0.3 is 9.47 Å². The molecule has 6 heteroatoms. The second-order valence-corrected chi connectivity index (χ2v) is 18.9. The SMILES string of the molecule is O=C(CCCCCCCCCC[n+]1ccc(-c2cc[n+](CCCCCCCCCCC(=O)OCc3ccc4cc5ccccc5cc4c3)cc2)cc1)OCc1ccc2cc3ccccc3cc2c1. The van der Waals surface area contributed by atoms with Crippen molar-refractivity contribution in [3.8, 4) is 11.1 Å². The molecule has 0 bridgehead atoms. The lowest BCUT2D eigenvalue weighted by Gasteiger charge is -2.08. The lowest BCUT2D eigenvalue weighted by Crippen LogP contribution is -2.33. The van der Waals surface area contributed by atoms with Crippen LogP contribution in [0.25, 0.3) is 54.2 Å². The first-order chi connectivity index (χ1) is 33.5. The highest BCUT2D eigenvalue weighted by atomic mass is 16.5. The molecule has 8 rings (SSSR count). The van der Waals surface area contributed by atoms with Gasteiger partial charge in [0.2, 0.25) is 0 Å². The number of carbonyl (C=O) groups is 2. The zero-order valence-corrected chi connectivity index (χ0v) is 40.1. The van der Waals surface area contributed by atoms with Crippen molar-refractivity contribution in [1.82, 2.24) is 0 Å². The normalized spacial score (nSPS) is 11.5. The first-order valence-electron chi connectivity index (χ1n) is 25.7. The summed E-state index contributed by atoms with van der Waals surface area (Å²) in [6.45, 7) is 2.77. The quantitative estimate of drug-likeness (QED) is 0.0223. The fourth-order valence-corrected chi connectivity index (χ4v) is 9.48. The number of aryl methyl sites for hydroxylation is 2. The second kappa shape index (κ2) is 25.7. The van der Waals surface area contributed by atoms with E-state index >= 15 is 0 Å². The van der Waals surface area contributed by atoms with Crippen LogP contribution in [0.2, 0.25) is 0 Å². The average molecular weight is 907 g/mol. The van der Waals surface area contributed by atoms with Crippen molar-refractivity contribution in [3.63, 3.8) is 0 Å². The van der Waals surface area contributed by atoms with Gasteiger partial charge in [0.1, 0.15) is 26.3 Å². The summed E-state index contributed by atoms with van der Waals surface area (Å²) in [6.07, 6.45) is 28.6. The maximum absolute atomic E-state index is 12.4. The molecule has 0 N–H and O–H groups in total. The van der Waals surface area contributed by atoms with Gasteiger partial charge in [0.25, 0.3) is 0 Å². The van der Waals surface area contributed by atoms with E-state index in [2.05, 4.69) is 167 Å². The third-order valence-corrected chi connectivity index (χ3v) is 13.5. The molecule has 6 nitrogen and oxygen atoms in total. The number of rotatable bonds is 27. The van der Waals surface area contributed by atoms with Crippen molar-refractivity contribution < 1.29 is 28.2 Å². The maximum atomic E-state index is 12.4. The summed E-state index contributed by atoms with van der Waals surface area (Å²) in [5.41, 5.74) is 4.58. The Morgan fingerprint density at radius 1 is 0.324 bits per heavy atom. The van der Waals surface area contributed by atoms with Gasteiger partial charge in [-0.05, 0) is 127 Å². The molecule has 0 atom stereocenters. The van der Waals surface area contributed by atoms with Crippen LogP contribution in [-0.4, -0.2) is 11.9 Å². The molecule has 0 saturated carbocycles. The van der Waals surface area contributed by atoms with E-state index in [0.29, 0.717) is 26.1 Å². The molecule has 0 saturated heterocycles. The van der Waals surface area contributed by atoms with Crippen molar-refractivity contribution in [1.29, 1.82) is 0 Å². The summed E-state index contributed by atoms with van der Waals surface area (Å²) < 4.78 is 15.8. The van der Waals surface area contributed by atoms with Crippen LogP contribution in [-0.2, 0) is 45.4 Å². The van der Waals surface area contributed by atoms with E-state index in [-0.39, 0.29) is 11.9 Å². The topological polar surface area (TPSA) is 60.4 Å². The van der Waals surface area contributed by atoms with Crippen molar-refractivity contribution in [3.05, 3.63) is 169 Å². The summed E-state index contributed by atoms with van der Waals surface area (Å²) in [5.74, 6) is -0.193. The number of hydrogen-bond donors (Lipinski definition) is 0.